The summed E-state index contributed by atoms with van der Waals surface area (Å²) in [6, 6.07) is 3.82. The summed E-state index contributed by atoms with van der Waals surface area (Å²) in [5.41, 5.74) is 6.58. The number of aromatic hydroxyl groups is 1. The van der Waals surface area contributed by atoms with Gasteiger partial charge in [-0.3, -0.25) is 0 Å². The van der Waals surface area contributed by atoms with Crippen molar-refractivity contribution in [3.8, 4) is 5.75 Å². The SMILES string of the molecule is NCCCc1cc(Br)c(O)c(Br)c1. The molecule has 0 heterocycles. The Morgan fingerprint density at radius 3 is 2.23 bits per heavy atom. The summed E-state index contributed by atoms with van der Waals surface area (Å²) >= 11 is 6.56. The van der Waals surface area contributed by atoms with Crippen LogP contribution in [0.1, 0.15) is 12.0 Å². The molecule has 1 rings (SSSR count). The smallest absolute Gasteiger partial charge is 0.143 e. The number of hydrogen-bond donors (Lipinski definition) is 2. The fourth-order valence-corrected chi connectivity index (χ4v) is 2.35. The molecule has 0 aliphatic carbocycles. The second-order valence-corrected chi connectivity index (χ2v) is 4.51. The number of aryl methyl sites for hydroxylation is 1. The first-order valence-corrected chi connectivity index (χ1v) is 5.60. The number of nitrogens with two attached hydrogens (primary N) is 1. The molecule has 0 unspecified atom stereocenters. The van der Waals surface area contributed by atoms with Gasteiger partial charge >= 0.3 is 0 Å². The van der Waals surface area contributed by atoms with Gasteiger partial charge in [0.05, 0.1) is 8.95 Å². The number of phenolic OH excluding ortho intramolecular Hbond substituents is 1. The van der Waals surface area contributed by atoms with E-state index < -0.39 is 0 Å². The van der Waals surface area contributed by atoms with E-state index in [1.165, 1.54) is 5.56 Å². The molecule has 0 aliphatic rings. The topological polar surface area (TPSA) is 46.2 Å². The predicted molar refractivity (Wildman–Crippen MR) is 60.9 cm³/mol. The molecule has 4 heteroatoms. The number of hydrogen-bond acceptors (Lipinski definition) is 2. The molecule has 0 atom stereocenters. The average Bonchev–Trinajstić information content (AvgIpc) is 2.10. The van der Waals surface area contributed by atoms with Crippen molar-refractivity contribution in [1.29, 1.82) is 0 Å². The maximum Gasteiger partial charge on any atom is 0.143 e. The zero-order chi connectivity index (χ0) is 9.84. The van der Waals surface area contributed by atoms with Crippen LogP contribution in [-0.4, -0.2) is 11.7 Å². The third-order valence-corrected chi connectivity index (χ3v) is 2.96. The minimum Gasteiger partial charge on any atom is -0.506 e. The van der Waals surface area contributed by atoms with Gasteiger partial charge in [-0.25, -0.2) is 0 Å². The third kappa shape index (κ3) is 2.97. The number of phenols is 1. The van der Waals surface area contributed by atoms with Gasteiger partial charge in [0.25, 0.3) is 0 Å². The number of rotatable bonds is 3. The van der Waals surface area contributed by atoms with E-state index in [9.17, 15) is 5.11 Å². The standard InChI is InChI=1S/C9H11Br2NO/c10-7-4-6(2-1-3-12)5-8(11)9(7)13/h4-5,13H,1-3,12H2. The summed E-state index contributed by atoms with van der Waals surface area (Å²) in [7, 11) is 0. The van der Waals surface area contributed by atoms with Crippen LogP contribution in [0.15, 0.2) is 21.1 Å². The minimum atomic E-state index is 0.247. The molecule has 0 aromatic heterocycles. The van der Waals surface area contributed by atoms with E-state index in [0.29, 0.717) is 15.5 Å². The first-order valence-electron chi connectivity index (χ1n) is 4.02. The third-order valence-electron chi connectivity index (χ3n) is 1.75. The molecule has 13 heavy (non-hydrogen) atoms. The van der Waals surface area contributed by atoms with Crippen LogP contribution in [0.2, 0.25) is 0 Å². The van der Waals surface area contributed by atoms with Crippen LogP contribution in [0.25, 0.3) is 0 Å². The van der Waals surface area contributed by atoms with Gasteiger partial charge in [-0.05, 0) is 68.9 Å². The summed E-state index contributed by atoms with van der Waals surface area (Å²) in [6.07, 6.45) is 1.90. The second-order valence-electron chi connectivity index (χ2n) is 2.80. The van der Waals surface area contributed by atoms with Crippen molar-refractivity contribution in [1.82, 2.24) is 0 Å². The Morgan fingerprint density at radius 2 is 1.77 bits per heavy atom. The first-order chi connectivity index (χ1) is 6.15. The zero-order valence-corrected chi connectivity index (χ0v) is 10.2. The lowest BCUT2D eigenvalue weighted by Gasteiger charge is -2.04. The van der Waals surface area contributed by atoms with Crippen LogP contribution in [0, 0.1) is 0 Å². The molecule has 1 aromatic carbocycles. The summed E-state index contributed by atoms with van der Waals surface area (Å²) in [4.78, 5) is 0. The van der Waals surface area contributed by atoms with Crippen LogP contribution in [0.5, 0.6) is 5.75 Å². The Kier molecular flexibility index (Phi) is 4.22. The lowest BCUT2D eigenvalue weighted by molar-refractivity contribution is 0.468. The molecular weight excluding hydrogens is 298 g/mol. The van der Waals surface area contributed by atoms with E-state index in [1.54, 1.807) is 0 Å². The lowest BCUT2D eigenvalue weighted by atomic mass is 10.1. The van der Waals surface area contributed by atoms with Crippen molar-refractivity contribution in [2.24, 2.45) is 5.73 Å². The molecule has 2 nitrogen and oxygen atoms in total. The Hall–Kier alpha value is -0.0600. The highest BCUT2D eigenvalue weighted by Gasteiger charge is 2.04. The van der Waals surface area contributed by atoms with Gasteiger partial charge in [0.2, 0.25) is 0 Å². The largest absolute Gasteiger partial charge is 0.506 e. The van der Waals surface area contributed by atoms with Gasteiger partial charge in [0.15, 0.2) is 0 Å². The van der Waals surface area contributed by atoms with Gasteiger partial charge in [-0.1, -0.05) is 0 Å². The lowest BCUT2D eigenvalue weighted by Crippen LogP contribution is -2.00. The van der Waals surface area contributed by atoms with Gasteiger partial charge in [-0.2, -0.15) is 0 Å². The van der Waals surface area contributed by atoms with Crippen LogP contribution < -0.4 is 5.73 Å². The monoisotopic (exact) mass is 307 g/mol. The molecule has 0 radical (unpaired) electrons. The van der Waals surface area contributed by atoms with Crippen molar-refractivity contribution in [2.75, 3.05) is 6.54 Å². The van der Waals surface area contributed by atoms with Crippen molar-refractivity contribution < 1.29 is 5.11 Å². The molecule has 0 aliphatic heterocycles. The molecule has 72 valence electrons. The van der Waals surface area contributed by atoms with Crippen LogP contribution in [0.4, 0.5) is 0 Å². The Labute approximate surface area is 94.4 Å². The normalized spacial score (nSPS) is 10.4. The van der Waals surface area contributed by atoms with Gasteiger partial charge in [-0.15, -0.1) is 0 Å². The van der Waals surface area contributed by atoms with Crippen LogP contribution >= 0.6 is 31.9 Å². The molecule has 0 saturated heterocycles. The molecule has 3 N–H and O–H groups in total. The maximum atomic E-state index is 9.44. The van der Waals surface area contributed by atoms with E-state index in [-0.39, 0.29) is 5.75 Å². The molecular formula is C9H11Br2NO. The van der Waals surface area contributed by atoms with E-state index in [4.69, 9.17) is 5.73 Å². The van der Waals surface area contributed by atoms with Crippen molar-refractivity contribution in [3.05, 3.63) is 26.6 Å². The zero-order valence-electron chi connectivity index (χ0n) is 7.06. The van der Waals surface area contributed by atoms with Crippen LogP contribution in [0.3, 0.4) is 0 Å². The van der Waals surface area contributed by atoms with E-state index in [2.05, 4.69) is 31.9 Å². The molecule has 0 saturated carbocycles. The summed E-state index contributed by atoms with van der Waals surface area (Å²) in [6.45, 7) is 0.691. The highest BCUT2D eigenvalue weighted by molar-refractivity contribution is 9.11. The summed E-state index contributed by atoms with van der Waals surface area (Å²) < 4.78 is 1.43. The van der Waals surface area contributed by atoms with E-state index in [1.807, 2.05) is 12.1 Å². The fraction of sp³-hybridized carbons (Fsp3) is 0.333. The quantitative estimate of drug-likeness (QED) is 0.902. The van der Waals surface area contributed by atoms with E-state index in [0.717, 1.165) is 12.8 Å². The molecule has 1 aromatic rings. The average molecular weight is 309 g/mol. The molecule has 0 amide bonds. The Bertz CT molecular complexity index is 279. The first kappa shape index (κ1) is 11.0. The minimum absolute atomic E-state index is 0.247. The van der Waals surface area contributed by atoms with Gasteiger partial charge in [0, 0.05) is 0 Å². The number of halogens is 2. The van der Waals surface area contributed by atoms with Gasteiger partial charge in [0.1, 0.15) is 5.75 Å². The van der Waals surface area contributed by atoms with Crippen molar-refractivity contribution >= 4 is 31.9 Å². The Morgan fingerprint density at radius 1 is 1.23 bits per heavy atom. The summed E-state index contributed by atoms with van der Waals surface area (Å²) in [5, 5.41) is 9.44. The predicted octanol–water partition coefficient (Wildman–Crippen LogP) is 2.81. The Balaban J connectivity index is 2.86. The molecule has 0 fully saturated rings. The van der Waals surface area contributed by atoms with Gasteiger partial charge < -0.3 is 10.8 Å². The highest BCUT2D eigenvalue weighted by atomic mass is 79.9. The fourth-order valence-electron chi connectivity index (χ4n) is 1.07. The molecule has 0 bridgehead atoms. The molecule has 0 spiro atoms. The van der Waals surface area contributed by atoms with Crippen LogP contribution in [-0.2, 0) is 6.42 Å². The van der Waals surface area contributed by atoms with E-state index >= 15 is 0 Å². The summed E-state index contributed by atoms with van der Waals surface area (Å²) in [5.74, 6) is 0.247. The van der Waals surface area contributed by atoms with Crippen molar-refractivity contribution in [3.63, 3.8) is 0 Å². The second kappa shape index (κ2) is 4.98. The highest BCUT2D eigenvalue weighted by Crippen LogP contribution is 2.33. The van der Waals surface area contributed by atoms with Crippen molar-refractivity contribution in [2.45, 2.75) is 12.8 Å². The maximum absolute atomic E-state index is 9.44. The number of benzene rings is 1.